The Morgan fingerprint density at radius 1 is 1.24 bits per heavy atom. The van der Waals surface area contributed by atoms with Gasteiger partial charge in [-0.3, -0.25) is 9.48 Å². The average molecular weight is 287 g/mol. The first-order valence-electron chi connectivity index (χ1n) is 7.14. The molecule has 112 valence electrons. The number of nitrogens with one attached hydrogen (secondary N) is 1. The van der Waals surface area contributed by atoms with Gasteiger partial charge in [0.05, 0.1) is 5.69 Å². The first kappa shape index (κ1) is 15.2. The minimum atomic E-state index is -0.232. The van der Waals surface area contributed by atoms with Crippen LogP contribution in [-0.2, 0) is 19.9 Å². The molecule has 0 aromatic carbocycles. The van der Waals surface area contributed by atoms with Gasteiger partial charge in [0.25, 0.3) is 5.91 Å². The van der Waals surface area contributed by atoms with Gasteiger partial charge >= 0.3 is 0 Å². The highest BCUT2D eigenvalue weighted by Gasteiger charge is 2.17. The predicted molar refractivity (Wildman–Crippen MR) is 81.4 cm³/mol. The van der Waals surface area contributed by atoms with Crippen molar-refractivity contribution in [3.8, 4) is 0 Å². The fourth-order valence-electron chi connectivity index (χ4n) is 2.44. The van der Waals surface area contributed by atoms with E-state index < -0.39 is 0 Å². The predicted octanol–water partition coefficient (Wildman–Crippen LogP) is 2.20. The van der Waals surface area contributed by atoms with E-state index in [0.717, 1.165) is 35.6 Å². The summed E-state index contributed by atoms with van der Waals surface area (Å²) in [6.07, 6.45) is 1.67. The standard InChI is InChI=1S/C15H21N5O/c1-6-11-12(7-2)19-20(5)14(11)18-15(21)13-8-9(3)16-10(4)17-13/h8H,6-7H2,1-5H3,(H,18,21). The van der Waals surface area contributed by atoms with Crippen molar-refractivity contribution in [2.45, 2.75) is 40.5 Å². The zero-order chi connectivity index (χ0) is 15.6. The third-order valence-electron chi connectivity index (χ3n) is 3.35. The summed E-state index contributed by atoms with van der Waals surface area (Å²) in [4.78, 5) is 20.8. The Labute approximate surface area is 124 Å². The van der Waals surface area contributed by atoms with E-state index in [-0.39, 0.29) is 5.91 Å². The van der Waals surface area contributed by atoms with Crippen LogP contribution in [0.3, 0.4) is 0 Å². The number of hydrogen-bond donors (Lipinski definition) is 1. The normalized spacial score (nSPS) is 10.7. The molecule has 0 fully saturated rings. The number of carbonyl (C=O) groups is 1. The van der Waals surface area contributed by atoms with Crippen molar-refractivity contribution in [3.63, 3.8) is 0 Å². The fourth-order valence-corrected chi connectivity index (χ4v) is 2.44. The van der Waals surface area contributed by atoms with Gasteiger partial charge in [-0.1, -0.05) is 13.8 Å². The molecule has 0 radical (unpaired) electrons. The SMILES string of the molecule is CCc1nn(C)c(NC(=O)c2cc(C)nc(C)n2)c1CC. The molecule has 6 heteroatoms. The van der Waals surface area contributed by atoms with Crippen molar-refractivity contribution in [1.82, 2.24) is 19.7 Å². The highest BCUT2D eigenvalue weighted by molar-refractivity contribution is 6.02. The molecule has 0 aliphatic heterocycles. The molecule has 2 rings (SSSR count). The van der Waals surface area contributed by atoms with Gasteiger partial charge in [-0.25, -0.2) is 9.97 Å². The molecule has 0 spiro atoms. The largest absolute Gasteiger partial charge is 0.305 e. The van der Waals surface area contributed by atoms with E-state index in [1.165, 1.54) is 0 Å². The molecule has 1 amide bonds. The van der Waals surface area contributed by atoms with E-state index in [9.17, 15) is 4.79 Å². The summed E-state index contributed by atoms with van der Waals surface area (Å²) in [5.74, 6) is 1.10. The van der Waals surface area contributed by atoms with Crippen LogP contribution in [0.2, 0.25) is 0 Å². The van der Waals surface area contributed by atoms with Crippen LogP contribution in [0, 0.1) is 13.8 Å². The first-order valence-corrected chi connectivity index (χ1v) is 7.14. The molecule has 0 atom stereocenters. The Morgan fingerprint density at radius 2 is 1.95 bits per heavy atom. The summed E-state index contributed by atoms with van der Waals surface area (Å²) in [6.45, 7) is 7.75. The fraction of sp³-hybridized carbons (Fsp3) is 0.467. The van der Waals surface area contributed by atoms with Crippen LogP contribution >= 0.6 is 0 Å². The van der Waals surface area contributed by atoms with E-state index in [0.29, 0.717) is 11.5 Å². The van der Waals surface area contributed by atoms with Crippen LogP contribution < -0.4 is 5.32 Å². The van der Waals surface area contributed by atoms with Crippen LogP contribution in [0.1, 0.15) is 47.1 Å². The topological polar surface area (TPSA) is 72.7 Å². The summed E-state index contributed by atoms with van der Waals surface area (Å²) in [6, 6.07) is 1.69. The van der Waals surface area contributed by atoms with Crippen LogP contribution in [0.15, 0.2) is 6.07 Å². The lowest BCUT2D eigenvalue weighted by Crippen LogP contribution is -2.18. The van der Waals surface area contributed by atoms with Crippen molar-refractivity contribution in [2.75, 3.05) is 5.32 Å². The van der Waals surface area contributed by atoms with Gasteiger partial charge in [0.2, 0.25) is 0 Å². The average Bonchev–Trinajstić information content (AvgIpc) is 2.73. The Morgan fingerprint density at radius 3 is 2.52 bits per heavy atom. The second-order valence-corrected chi connectivity index (χ2v) is 5.00. The van der Waals surface area contributed by atoms with Gasteiger partial charge in [0, 0.05) is 18.3 Å². The number of rotatable bonds is 4. The Hall–Kier alpha value is -2.24. The zero-order valence-electron chi connectivity index (χ0n) is 13.2. The Bertz CT molecular complexity index is 655. The molecule has 21 heavy (non-hydrogen) atoms. The summed E-state index contributed by atoms with van der Waals surface area (Å²) in [7, 11) is 1.84. The highest BCUT2D eigenvalue weighted by Crippen LogP contribution is 2.21. The number of nitrogens with zero attached hydrogens (tertiary/aromatic N) is 4. The summed E-state index contributed by atoms with van der Waals surface area (Å²) >= 11 is 0. The van der Waals surface area contributed by atoms with Crippen LogP contribution in [0.5, 0.6) is 0 Å². The summed E-state index contributed by atoms with van der Waals surface area (Å²) in [5, 5.41) is 7.38. The van der Waals surface area contributed by atoms with Gasteiger partial charge in [-0.2, -0.15) is 5.10 Å². The van der Waals surface area contributed by atoms with Gasteiger partial charge in [-0.15, -0.1) is 0 Å². The third kappa shape index (κ3) is 3.09. The first-order chi connectivity index (χ1) is 9.96. The van der Waals surface area contributed by atoms with E-state index in [2.05, 4.69) is 34.2 Å². The van der Waals surface area contributed by atoms with Gasteiger partial charge in [0.1, 0.15) is 17.3 Å². The molecule has 0 saturated carbocycles. The molecule has 1 N–H and O–H groups in total. The monoisotopic (exact) mass is 287 g/mol. The maximum Gasteiger partial charge on any atom is 0.275 e. The minimum Gasteiger partial charge on any atom is -0.305 e. The van der Waals surface area contributed by atoms with Crippen molar-refractivity contribution in [3.05, 3.63) is 34.5 Å². The minimum absolute atomic E-state index is 0.232. The lowest BCUT2D eigenvalue weighted by atomic mass is 10.1. The van der Waals surface area contributed by atoms with Gasteiger partial charge < -0.3 is 5.32 Å². The van der Waals surface area contributed by atoms with Crippen LogP contribution in [-0.4, -0.2) is 25.7 Å². The van der Waals surface area contributed by atoms with Gasteiger partial charge in [0.15, 0.2) is 0 Å². The lowest BCUT2D eigenvalue weighted by molar-refractivity contribution is 0.102. The maximum atomic E-state index is 12.4. The van der Waals surface area contributed by atoms with Crippen LogP contribution in [0.25, 0.3) is 0 Å². The van der Waals surface area contributed by atoms with Crippen molar-refractivity contribution < 1.29 is 4.79 Å². The number of hydrogen-bond acceptors (Lipinski definition) is 4. The highest BCUT2D eigenvalue weighted by atomic mass is 16.2. The smallest absolute Gasteiger partial charge is 0.275 e. The number of amides is 1. The second-order valence-electron chi connectivity index (χ2n) is 5.00. The summed E-state index contributed by atoms with van der Waals surface area (Å²) < 4.78 is 1.72. The molecule has 2 aromatic rings. The molecule has 2 aromatic heterocycles. The van der Waals surface area contributed by atoms with Crippen LogP contribution in [0.4, 0.5) is 5.82 Å². The molecule has 6 nitrogen and oxygen atoms in total. The number of carbonyl (C=O) groups excluding carboxylic acids is 1. The van der Waals surface area contributed by atoms with Crippen molar-refractivity contribution in [1.29, 1.82) is 0 Å². The molecule has 0 aliphatic rings. The Balaban J connectivity index is 2.33. The lowest BCUT2D eigenvalue weighted by Gasteiger charge is -2.08. The number of aromatic nitrogens is 4. The molecule has 0 bridgehead atoms. The molecular weight excluding hydrogens is 266 g/mol. The van der Waals surface area contributed by atoms with Crippen molar-refractivity contribution >= 4 is 11.7 Å². The summed E-state index contributed by atoms with van der Waals surface area (Å²) in [5.41, 5.74) is 3.25. The molecular formula is C15H21N5O. The molecule has 2 heterocycles. The molecule has 0 aliphatic carbocycles. The zero-order valence-corrected chi connectivity index (χ0v) is 13.2. The van der Waals surface area contributed by atoms with E-state index in [4.69, 9.17) is 0 Å². The second kappa shape index (κ2) is 6.03. The number of aryl methyl sites for hydroxylation is 4. The quantitative estimate of drug-likeness (QED) is 0.935. The maximum absolute atomic E-state index is 12.4. The molecule has 0 saturated heterocycles. The third-order valence-corrected chi connectivity index (χ3v) is 3.35. The Kier molecular flexibility index (Phi) is 4.35. The van der Waals surface area contributed by atoms with Gasteiger partial charge in [-0.05, 0) is 32.8 Å². The van der Waals surface area contributed by atoms with Crippen molar-refractivity contribution in [2.24, 2.45) is 7.05 Å². The number of anilines is 1. The van der Waals surface area contributed by atoms with E-state index in [1.807, 2.05) is 14.0 Å². The van der Waals surface area contributed by atoms with E-state index in [1.54, 1.807) is 17.7 Å². The van der Waals surface area contributed by atoms with E-state index >= 15 is 0 Å². The molecule has 0 unspecified atom stereocenters.